The molecule has 0 unspecified atom stereocenters. The van der Waals surface area contributed by atoms with Gasteiger partial charge in [0.1, 0.15) is 0 Å². The minimum Gasteiger partial charge on any atom is -0.462 e. The summed E-state index contributed by atoms with van der Waals surface area (Å²) in [5.74, 6) is 0.713. The first-order chi connectivity index (χ1) is 9.85. The number of carbonyl (C=O) groups is 1. The molecule has 4 nitrogen and oxygen atoms in total. The van der Waals surface area contributed by atoms with Crippen LogP contribution in [0, 0.1) is 11.8 Å². The second kappa shape index (κ2) is 7.91. The predicted octanol–water partition coefficient (Wildman–Crippen LogP) is 3.56. The molecule has 21 heavy (non-hydrogen) atoms. The maximum Gasteiger partial charge on any atom is 0.340 e. The van der Waals surface area contributed by atoms with Crippen molar-refractivity contribution in [3.05, 3.63) is 23.8 Å². The highest BCUT2D eigenvalue weighted by molar-refractivity contribution is 5.97. The third-order valence-electron chi connectivity index (χ3n) is 3.03. The van der Waals surface area contributed by atoms with Crippen molar-refractivity contribution in [2.45, 2.75) is 34.6 Å². The molecule has 1 aromatic carbocycles. The van der Waals surface area contributed by atoms with Gasteiger partial charge in [-0.2, -0.15) is 0 Å². The Labute approximate surface area is 128 Å². The number of carbonyl (C=O) groups excluding carboxylic acids is 1. The second-order valence-corrected chi connectivity index (χ2v) is 6.19. The number of rotatable bonds is 7. The van der Waals surface area contributed by atoms with Gasteiger partial charge in [0.05, 0.1) is 17.9 Å². The molecule has 0 spiro atoms. The molecule has 0 atom stereocenters. The predicted molar refractivity (Wildman–Crippen MR) is 88.7 cm³/mol. The van der Waals surface area contributed by atoms with Crippen LogP contribution in [0.4, 0.5) is 11.4 Å². The Hall–Kier alpha value is -1.71. The van der Waals surface area contributed by atoms with Crippen LogP contribution in [0.5, 0.6) is 0 Å². The van der Waals surface area contributed by atoms with Crippen molar-refractivity contribution >= 4 is 17.3 Å². The molecule has 0 aromatic heterocycles. The standard InChI is InChI=1S/C17H28N2O2/c1-6-21-17(20)15-9-14(18)7-8-16(15)19(10-12(2)3)11-13(4)5/h7-9,12-13H,6,10-11,18H2,1-5H3. The summed E-state index contributed by atoms with van der Waals surface area (Å²) in [4.78, 5) is 14.4. The molecule has 0 aliphatic heterocycles. The van der Waals surface area contributed by atoms with E-state index in [1.165, 1.54) is 0 Å². The van der Waals surface area contributed by atoms with E-state index in [0.717, 1.165) is 18.8 Å². The van der Waals surface area contributed by atoms with Crippen molar-refractivity contribution < 1.29 is 9.53 Å². The molecule has 0 amide bonds. The van der Waals surface area contributed by atoms with Crippen LogP contribution in [-0.2, 0) is 4.74 Å². The second-order valence-electron chi connectivity index (χ2n) is 6.19. The van der Waals surface area contributed by atoms with Gasteiger partial charge < -0.3 is 15.4 Å². The number of benzene rings is 1. The zero-order valence-corrected chi connectivity index (χ0v) is 13.8. The molecule has 0 bridgehead atoms. The summed E-state index contributed by atoms with van der Waals surface area (Å²) in [6.45, 7) is 12.7. The molecule has 0 radical (unpaired) electrons. The van der Waals surface area contributed by atoms with Gasteiger partial charge in [0.2, 0.25) is 0 Å². The summed E-state index contributed by atoms with van der Waals surface area (Å²) in [7, 11) is 0. The van der Waals surface area contributed by atoms with Crippen molar-refractivity contribution in [1.29, 1.82) is 0 Å². The van der Waals surface area contributed by atoms with Crippen LogP contribution in [0.3, 0.4) is 0 Å². The van der Waals surface area contributed by atoms with Gasteiger partial charge in [0.15, 0.2) is 0 Å². The molecule has 0 fully saturated rings. The van der Waals surface area contributed by atoms with Gasteiger partial charge >= 0.3 is 5.97 Å². The average Bonchev–Trinajstić information content (AvgIpc) is 2.37. The van der Waals surface area contributed by atoms with E-state index in [1.807, 2.05) is 19.1 Å². The molecule has 0 saturated heterocycles. The van der Waals surface area contributed by atoms with Gasteiger partial charge in [-0.25, -0.2) is 4.79 Å². The smallest absolute Gasteiger partial charge is 0.340 e. The zero-order valence-electron chi connectivity index (χ0n) is 13.8. The summed E-state index contributed by atoms with van der Waals surface area (Å²) in [6.07, 6.45) is 0. The first-order valence-corrected chi connectivity index (χ1v) is 7.66. The highest BCUT2D eigenvalue weighted by Crippen LogP contribution is 2.26. The van der Waals surface area contributed by atoms with E-state index in [9.17, 15) is 4.79 Å². The third-order valence-corrected chi connectivity index (χ3v) is 3.03. The summed E-state index contributed by atoms with van der Waals surface area (Å²) in [5.41, 5.74) is 7.88. The van der Waals surface area contributed by atoms with Crippen LogP contribution in [0.15, 0.2) is 18.2 Å². The third kappa shape index (κ3) is 5.29. The van der Waals surface area contributed by atoms with E-state index >= 15 is 0 Å². The molecular weight excluding hydrogens is 264 g/mol. The van der Waals surface area contributed by atoms with Crippen LogP contribution in [0.25, 0.3) is 0 Å². The van der Waals surface area contributed by atoms with Crippen molar-refractivity contribution in [1.82, 2.24) is 0 Å². The van der Waals surface area contributed by atoms with Crippen LogP contribution < -0.4 is 10.6 Å². The summed E-state index contributed by atoms with van der Waals surface area (Å²) >= 11 is 0. The van der Waals surface area contributed by atoms with Crippen LogP contribution in [0.2, 0.25) is 0 Å². The number of hydrogen-bond acceptors (Lipinski definition) is 4. The number of hydrogen-bond donors (Lipinski definition) is 1. The topological polar surface area (TPSA) is 55.6 Å². The number of nitrogens with two attached hydrogens (primary N) is 1. The quantitative estimate of drug-likeness (QED) is 0.616. The van der Waals surface area contributed by atoms with Gasteiger partial charge in [-0.1, -0.05) is 27.7 Å². The Bertz CT molecular complexity index is 460. The van der Waals surface area contributed by atoms with Gasteiger partial charge in [-0.15, -0.1) is 0 Å². The van der Waals surface area contributed by atoms with Gasteiger partial charge in [-0.3, -0.25) is 0 Å². The van der Waals surface area contributed by atoms with Crippen molar-refractivity contribution in [2.24, 2.45) is 11.8 Å². The monoisotopic (exact) mass is 292 g/mol. The first-order valence-electron chi connectivity index (χ1n) is 7.66. The molecule has 1 aromatic rings. The lowest BCUT2D eigenvalue weighted by Gasteiger charge is -2.30. The molecule has 1 rings (SSSR count). The van der Waals surface area contributed by atoms with Gasteiger partial charge in [-0.05, 0) is 37.0 Å². The lowest BCUT2D eigenvalue weighted by Crippen LogP contribution is -2.32. The maximum atomic E-state index is 12.2. The van der Waals surface area contributed by atoms with E-state index in [-0.39, 0.29) is 5.97 Å². The number of nitrogens with zero attached hydrogens (tertiary/aromatic N) is 1. The Balaban J connectivity index is 3.19. The van der Waals surface area contributed by atoms with Crippen LogP contribution in [-0.4, -0.2) is 25.7 Å². The minimum absolute atomic E-state index is 0.308. The zero-order chi connectivity index (χ0) is 16.0. The molecule has 4 heteroatoms. The summed E-state index contributed by atoms with van der Waals surface area (Å²) < 4.78 is 5.16. The van der Waals surface area contributed by atoms with Crippen LogP contribution in [0.1, 0.15) is 45.0 Å². The molecule has 0 heterocycles. The molecule has 0 aliphatic carbocycles. The van der Waals surface area contributed by atoms with Gasteiger partial charge in [0.25, 0.3) is 0 Å². The highest BCUT2D eigenvalue weighted by atomic mass is 16.5. The lowest BCUT2D eigenvalue weighted by molar-refractivity contribution is 0.0527. The van der Waals surface area contributed by atoms with E-state index in [2.05, 4.69) is 32.6 Å². The number of ether oxygens (including phenoxy) is 1. The van der Waals surface area contributed by atoms with Crippen molar-refractivity contribution in [3.8, 4) is 0 Å². The van der Waals surface area contributed by atoms with E-state index in [4.69, 9.17) is 10.5 Å². The fourth-order valence-electron chi connectivity index (χ4n) is 2.35. The fraction of sp³-hybridized carbons (Fsp3) is 0.588. The Morgan fingerprint density at radius 2 is 1.76 bits per heavy atom. The molecule has 118 valence electrons. The molecular formula is C17H28N2O2. The maximum absolute atomic E-state index is 12.2. The van der Waals surface area contributed by atoms with Crippen molar-refractivity contribution in [2.75, 3.05) is 30.3 Å². The summed E-state index contributed by atoms with van der Waals surface area (Å²) in [5, 5.41) is 0. The Morgan fingerprint density at radius 3 is 2.24 bits per heavy atom. The van der Waals surface area contributed by atoms with Crippen LogP contribution >= 0.6 is 0 Å². The summed E-state index contributed by atoms with van der Waals surface area (Å²) in [6, 6.07) is 5.47. The van der Waals surface area contributed by atoms with E-state index in [0.29, 0.717) is 29.7 Å². The lowest BCUT2D eigenvalue weighted by atomic mass is 10.1. The number of esters is 1. The fourth-order valence-corrected chi connectivity index (χ4v) is 2.35. The molecule has 0 saturated carbocycles. The highest BCUT2D eigenvalue weighted by Gasteiger charge is 2.19. The van der Waals surface area contributed by atoms with Gasteiger partial charge in [0, 0.05) is 18.8 Å². The molecule has 2 N–H and O–H groups in total. The minimum atomic E-state index is -0.308. The average molecular weight is 292 g/mol. The SMILES string of the molecule is CCOC(=O)c1cc(N)ccc1N(CC(C)C)CC(C)C. The van der Waals surface area contributed by atoms with E-state index in [1.54, 1.807) is 6.07 Å². The Kier molecular flexibility index (Phi) is 6.53. The molecule has 0 aliphatic rings. The number of nitrogen functional groups attached to an aromatic ring is 1. The largest absolute Gasteiger partial charge is 0.462 e. The Morgan fingerprint density at radius 1 is 1.19 bits per heavy atom. The van der Waals surface area contributed by atoms with Crippen molar-refractivity contribution in [3.63, 3.8) is 0 Å². The number of anilines is 2. The first kappa shape index (κ1) is 17.3. The van der Waals surface area contributed by atoms with E-state index < -0.39 is 0 Å². The normalized spacial score (nSPS) is 11.0.